The Morgan fingerprint density at radius 1 is 0.845 bits per heavy atom. The fraction of sp³-hybridized carbons (Fsp3) is 0.953. The Labute approximate surface area is 341 Å². The van der Waals surface area contributed by atoms with E-state index in [2.05, 4.69) is 34.6 Å². The van der Waals surface area contributed by atoms with Crippen LogP contribution in [0.25, 0.3) is 0 Å². The normalized spacial score (nSPS) is 53.6. The molecule has 7 N–H and O–H groups in total. The number of esters is 1. The summed E-state index contributed by atoms with van der Waals surface area (Å²) in [5.41, 5.74) is -1.83. The maximum Gasteiger partial charge on any atom is 0.302 e. The van der Waals surface area contributed by atoms with Crippen molar-refractivity contribution in [2.24, 2.45) is 50.7 Å². The minimum absolute atomic E-state index is 0.0163. The average molecular weight is 825 g/mol. The van der Waals surface area contributed by atoms with Crippen LogP contribution < -0.4 is 0 Å². The molecule has 3 aliphatic heterocycles. The van der Waals surface area contributed by atoms with Gasteiger partial charge in [0.1, 0.15) is 61.0 Å². The van der Waals surface area contributed by atoms with Gasteiger partial charge in [0, 0.05) is 18.3 Å². The van der Waals surface area contributed by atoms with Gasteiger partial charge >= 0.3 is 5.97 Å². The van der Waals surface area contributed by atoms with Crippen LogP contribution in [0.4, 0.5) is 0 Å². The van der Waals surface area contributed by atoms with E-state index in [0.29, 0.717) is 12.8 Å². The highest BCUT2D eigenvalue weighted by Crippen LogP contribution is 2.89. The second-order valence-electron chi connectivity index (χ2n) is 21.2. The predicted molar refractivity (Wildman–Crippen MR) is 202 cm³/mol. The molecule has 0 radical (unpaired) electrons. The quantitative estimate of drug-likeness (QED) is 0.0937. The van der Waals surface area contributed by atoms with E-state index >= 15 is 0 Å². The summed E-state index contributed by atoms with van der Waals surface area (Å²) in [4.78, 5) is 26.5. The molecule has 5 saturated carbocycles. The Bertz CT molecular complexity index is 1600. The molecule has 0 aromatic carbocycles. The van der Waals surface area contributed by atoms with Gasteiger partial charge in [-0.25, -0.2) is 0 Å². The lowest BCUT2D eigenvalue weighted by Gasteiger charge is -2.63. The number of ether oxygens (including phenoxy) is 6. The largest absolute Gasteiger partial charge is 0.460 e. The number of hydrogen-bond donors (Lipinski definition) is 7. The summed E-state index contributed by atoms with van der Waals surface area (Å²) in [5, 5.41) is 75.1. The third-order valence-electron chi connectivity index (χ3n) is 17.8. The average Bonchev–Trinajstić information content (AvgIpc) is 4.01. The molecule has 21 unspecified atom stereocenters. The van der Waals surface area contributed by atoms with Crippen molar-refractivity contribution in [1.29, 1.82) is 0 Å². The predicted octanol–water partition coefficient (Wildman–Crippen LogP) is 1.36. The molecule has 58 heavy (non-hydrogen) atoms. The Morgan fingerprint density at radius 3 is 2.14 bits per heavy atom. The van der Waals surface area contributed by atoms with E-state index in [-0.39, 0.29) is 70.5 Å². The molecule has 15 nitrogen and oxygen atoms in total. The molecule has 0 amide bonds. The van der Waals surface area contributed by atoms with Crippen LogP contribution in [0.2, 0.25) is 0 Å². The number of fused-ring (bicyclic) bond motifs is 2. The first-order valence-corrected chi connectivity index (χ1v) is 21.7. The second-order valence-corrected chi connectivity index (χ2v) is 21.2. The Balaban J connectivity index is 0.970. The molecule has 0 aromatic heterocycles. The van der Waals surface area contributed by atoms with Crippen molar-refractivity contribution in [3.8, 4) is 0 Å². The number of hydrogen-bond acceptors (Lipinski definition) is 15. The monoisotopic (exact) mass is 824 g/mol. The van der Waals surface area contributed by atoms with Crippen LogP contribution in [0, 0.1) is 50.7 Å². The van der Waals surface area contributed by atoms with Gasteiger partial charge in [0.15, 0.2) is 18.4 Å². The van der Waals surface area contributed by atoms with E-state index in [4.69, 9.17) is 28.4 Å². The van der Waals surface area contributed by atoms with Gasteiger partial charge in [-0.3, -0.25) is 9.59 Å². The molecule has 0 bridgehead atoms. The lowest BCUT2D eigenvalue weighted by atomic mass is 9.41. The summed E-state index contributed by atoms with van der Waals surface area (Å²) < 4.78 is 35.5. The van der Waals surface area contributed by atoms with Gasteiger partial charge in [-0.2, -0.15) is 0 Å². The minimum atomic E-state index is -1.71. The summed E-state index contributed by atoms with van der Waals surface area (Å²) in [6.07, 6.45) is -8.53. The molecular weight excluding hydrogens is 756 g/mol. The number of carbonyl (C=O) groups excluding carboxylic acids is 2. The Kier molecular flexibility index (Phi) is 10.7. The van der Waals surface area contributed by atoms with E-state index in [9.17, 15) is 45.3 Å². The topological polar surface area (TPSA) is 234 Å². The van der Waals surface area contributed by atoms with Crippen molar-refractivity contribution in [1.82, 2.24) is 0 Å². The van der Waals surface area contributed by atoms with Crippen LogP contribution in [-0.2, 0) is 38.0 Å². The van der Waals surface area contributed by atoms with Crippen molar-refractivity contribution in [2.75, 3.05) is 13.2 Å². The molecule has 2 spiro atoms. The lowest BCUT2D eigenvalue weighted by Crippen LogP contribution is -2.63. The number of Topliss-reactive ketones (excluding diaryl/α,β-unsaturated/α-hetero) is 1. The summed E-state index contributed by atoms with van der Waals surface area (Å²) in [5.74, 6) is -0.560. The summed E-state index contributed by atoms with van der Waals surface area (Å²) >= 11 is 0. The molecule has 3 heterocycles. The minimum Gasteiger partial charge on any atom is -0.460 e. The zero-order chi connectivity index (χ0) is 42.3. The third kappa shape index (κ3) is 6.10. The van der Waals surface area contributed by atoms with Gasteiger partial charge in [-0.15, -0.1) is 0 Å². The molecule has 330 valence electrons. The van der Waals surface area contributed by atoms with Crippen molar-refractivity contribution in [2.45, 2.75) is 192 Å². The van der Waals surface area contributed by atoms with Crippen LogP contribution in [0.15, 0.2) is 0 Å². The first kappa shape index (κ1) is 43.3. The van der Waals surface area contributed by atoms with E-state index in [1.807, 2.05) is 13.8 Å². The van der Waals surface area contributed by atoms with Crippen molar-refractivity contribution in [3.05, 3.63) is 0 Å². The second kappa shape index (κ2) is 14.3. The lowest BCUT2D eigenvalue weighted by molar-refractivity contribution is -0.356. The molecule has 21 atom stereocenters. The molecule has 8 fully saturated rings. The fourth-order valence-corrected chi connectivity index (χ4v) is 14.7. The van der Waals surface area contributed by atoms with E-state index in [1.165, 1.54) is 6.92 Å². The molecular formula is C43H68O15. The highest BCUT2D eigenvalue weighted by Gasteiger charge is 2.84. The zero-order valence-electron chi connectivity index (χ0n) is 35.3. The highest BCUT2D eigenvalue weighted by molar-refractivity contribution is 5.90. The highest BCUT2D eigenvalue weighted by atomic mass is 16.7. The number of epoxide rings is 1. The number of aliphatic hydroxyl groups excluding tert-OH is 7. The van der Waals surface area contributed by atoms with E-state index < -0.39 is 90.6 Å². The molecule has 5 aliphatic carbocycles. The zero-order valence-corrected chi connectivity index (χ0v) is 35.3. The van der Waals surface area contributed by atoms with Gasteiger partial charge in [0.05, 0.1) is 24.9 Å². The molecule has 0 aromatic rings. The van der Waals surface area contributed by atoms with Gasteiger partial charge in [0.2, 0.25) is 0 Å². The van der Waals surface area contributed by atoms with Gasteiger partial charge in [-0.05, 0) is 105 Å². The van der Waals surface area contributed by atoms with Gasteiger partial charge in [0.25, 0.3) is 0 Å². The van der Waals surface area contributed by atoms with Gasteiger partial charge in [-0.1, -0.05) is 34.6 Å². The standard InChI is InChI=1S/C43H68O15/c1-19(15-22(54-20(2)45)35-39(5,6)58-35)27-29(48)34(52)41(8)25-10-9-24-38(3,4)26(11-12-42(24)18-43(25,42)14-13-40(27,41)7)56-36-32(51)33(21(46)17-53-36)57-37-31(50)30(49)28(47)23(16-44)55-37/h19,21-28,30-37,44,46-47,49-52H,9-18H2,1-8H3. The SMILES string of the molecule is CC(=O)OC(CC(C)C1C(=O)C(O)C2(C)C3CCC4C(C)(C)C(OC5OCC(O)C(OC6OC(CO)C(O)C(O)C6O)C5O)CCC45CC35CCC12C)C1OC1(C)C. The van der Waals surface area contributed by atoms with Gasteiger partial charge < -0.3 is 64.2 Å². The first-order valence-electron chi connectivity index (χ1n) is 21.7. The molecule has 8 rings (SSSR count). The van der Waals surface area contributed by atoms with Crippen LogP contribution in [0.5, 0.6) is 0 Å². The van der Waals surface area contributed by atoms with Crippen LogP contribution >= 0.6 is 0 Å². The number of ketones is 1. The number of carbonyl (C=O) groups is 2. The van der Waals surface area contributed by atoms with Crippen LogP contribution in [0.1, 0.15) is 107 Å². The smallest absolute Gasteiger partial charge is 0.302 e. The maximum absolute atomic E-state index is 14.4. The number of rotatable bonds is 10. The van der Waals surface area contributed by atoms with Crippen molar-refractivity contribution in [3.63, 3.8) is 0 Å². The fourth-order valence-electron chi connectivity index (χ4n) is 14.7. The molecule has 8 aliphatic rings. The van der Waals surface area contributed by atoms with Crippen molar-refractivity contribution < 1.29 is 73.8 Å². The third-order valence-corrected chi connectivity index (χ3v) is 17.8. The molecule has 3 saturated heterocycles. The summed E-state index contributed by atoms with van der Waals surface area (Å²) in [6.45, 7) is 15.4. The van der Waals surface area contributed by atoms with Crippen LogP contribution in [-0.4, -0.2) is 146 Å². The summed E-state index contributed by atoms with van der Waals surface area (Å²) in [6, 6.07) is 0. The van der Waals surface area contributed by atoms with E-state index in [1.54, 1.807) is 0 Å². The number of aliphatic hydroxyl groups is 7. The summed E-state index contributed by atoms with van der Waals surface area (Å²) in [7, 11) is 0. The maximum atomic E-state index is 14.4. The van der Waals surface area contributed by atoms with Crippen LogP contribution in [0.3, 0.4) is 0 Å². The van der Waals surface area contributed by atoms with E-state index in [0.717, 1.165) is 38.5 Å². The Hall–Kier alpha value is -1.34. The first-order chi connectivity index (χ1) is 27.0. The van der Waals surface area contributed by atoms with Crippen molar-refractivity contribution >= 4 is 11.8 Å². The Morgan fingerprint density at radius 2 is 1.50 bits per heavy atom. The molecule has 15 heteroatoms.